The number of hydrogen-bond acceptors (Lipinski definition) is 3. The number of carbonyl (C=O) groups excluding carboxylic acids is 1. The highest BCUT2D eigenvalue weighted by atomic mass is 16.5. The van der Waals surface area contributed by atoms with Gasteiger partial charge in [0.25, 0.3) is 5.91 Å². The van der Waals surface area contributed by atoms with Gasteiger partial charge in [-0.1, -0.05) is 30.9 Å². The summed E-state index contributed by atoms with van der Waals surface area (Å²) in [4.78, 5) is 12.1. The molecule has 0 aromatic heterocycles. The Morgan fingerprint density at radius 1 is 1.53 bits per heavy atom. The molecule has 4 nitrogen and oxygen atoms in total. The van der Waals surface area contributed by atoms with Crippen LogP contribution >= 0.6 is 0 Å². The minimum atomic E-state index is -0.390. The van der Waals surface area contributed by atoms with Crippen LogP contribution in [-0.4, -0.2) is 30.3 Å². The lowest BCUT2D eigenvalue weighted by molar-refractivity contribution is -0.126. The third-order valence-electron chi connectivity index (χ3n) is 3.13. The smallest absolute Gasteiger partial charge is 0.253 e. The van der Waals surface area contributed by atoms with E-state index in [1.807, 2.05) is 19.1 Å². The first kappa shape index (κ1) is 13.6. The second kappa shape index (κ2) is 6.37. The van der Waals surface area contributed by atoms with E-state index in [1.54, 1.807) is 12.1 Å². The first-order valence-electron chi connectivity index (χ1n) is 6.33. The fourth-order valence-corrected chi connectivity index (χ4v) is 2.07. The van der Waals surface area contributed by atoms with Gasteiger partial charge in [0.1, 0.15) is 12.7 Å². The summed E-state index contributed by atoms with van der Waals surface area (Å²) in [5.74, 6) is 5.49. The van der Waals surface area contributed by atoms with Gasteiger partial charge in [0.05, 0.1) is 5.69 Å². The van der Waals surface area contributed by atoms with Crippen LogP contribution in [0.25, 0.3) is 0 Å². The zero-order chi connectivity index (χ0) is 13.7. The number of para-hydroxylation sites is 1. The van der Waals surface area contributed by atoms with Crippen LogP contribution in [0.3, 0.4) is 0 Å². The van der Waals surface area contributed by atoms with Gasteiger partial charge in [-0.25, -0.2) is 0 Å². The molecule has 0 spiro atoms. The monoisotopic (exact) mass is 259 g/mol. The number of rotatable bonds is 2. The van der Waals surface area contributed by atoms with E-state index in [0.29, 0.717) is 17.9 Å². The van der Waals surface area contributed by atoms with E-state index in [0.717, 1.165) is 6.42 Å². The second-order valence-electron chi connectivity index (χ2n) is 4.55. The van der Waals surface area contributed by atoms with Gasteiger partial charge in [-0.15, -0.1) is 0 Å². The van der Waals surface area contributed by atoms with E-state index < -0.39 is 0 Å². The standard InChI is InChI=1S/C15H17NO3/c1-11-8-10-19-14(11)15(18)16-13-7-3-2-5-12(13)6-4-9-17/h2-3,5,7,11,14,17H,8-10H2,1H3,(H,16,18). The fraction of sp³-hybridized carbons (Fsp3) is 0.400. The fourth-order valence-electron chi connectivity index (χ4n) is 2.07. The van der Waals surface area contributed by atoms with Crippen molar-refractivity contribution in [1.82, 2.24) is 0 Å². The van der Waals surface area contributed by atoms with Crippen molar-refractivity contribution in [1.29, 1.82) is 0 Å². The molecule has 4 heteroatoms. The molecular formula is C15H17NO3. The molecule has 2 unspecified atom stereocenters. The van der Waals surface area contributed by atoms with E-state index in [2.05, 4.69) is 17.2 Å². The molecular weight excluding hydrogens is 242 g/mol. The van der Waals surface area contributed by atoms with E-state index in [1.165, 1.54) is 0 Å². The van der Waals surface area contributed by atoms with Crippen LogP contribution < -0.4 is 5.32 Å². The second-order valence-corrected chi connectivity index (χ2v) is 4.55. The summed E-state index contributed by atoms with van der Waals surface area (Å²) >= 11 is 0. The molecule has 1 aromatic carbocycles. The quantitative estimate of drug-likeness (QED) is 0.789. The molecule has 0 bridgehead atoms. The lowest BCUT2D eigenvalue weighted by atomic mass is 10.0. The van der Waals surface area contributed by atoms with Gasteiger partial charge in [0.15, 0.2) is 0 Å². The Kier molecular flexibility index (Phi) is 4.56. The number of aliphatic hydroxyl groups excluding tert-OH is 1. The molecule has 2 rings (SSSR count). The van der Waals surface area contributed by atoms with E-state index in [4.69, 9.17) is 9.84 Å². The van der Waals surface area contributed by atoms with E-state index in [-0.39, 0.29) is 24.5 Å². The Balaban J connectivity index is 2.12. The molecule has 0 aliphatic carbocycles. The summed E-state index contributed by atoms with van der Waals surface area (Å²) in [5, 5.41) is 11.6. The number of aliphatic hydroxyl groups is 1. The lowest BCUT2D eigenvalue weighted by Gasteiger charge is -2.15. The largest absolute Gasteiger partial charge is 0.384 e. The molecule has 100 valence electrons. The Morgan fingerprint density at radius 2 is 2.32 bits per heavy atom. The predicted octanol–water partition coefficient (Wildman–Crippen LogP) is 1.39. The third-order valence-corrected chi connectivity index (χ3v) is 3.13. The normalized spacial score (nSPS) is 21.6. The summed E-state index contributed by atoms with van der Waals surface area (Å²) in [5.41, 5.74) is 1.34. The molecule has 1 saturated heterocycles. The molecule has 1 aromatic rings. The van der Waals surface area contributed by atoms with Crippen LogP contribution in [0.5, 0.6) is 0 Å². The van der Waals surface area contributed by atoms with Crippen molar-refractivity contribution in [3.05, 3.63) is 29.8 Å². The number of carbonyl (C=O) groups is 1. The van der Waals surface area contributed by atoms with Crippen molar-refractivity contribution < 1.29 is 14.6 Å². The van der Waals surface area contributed by atoms with Crippen LogP contribution in [-0.2, 0) is 9.53 Å². The number of nitrogens with one attached hydrogen (secondary N) is 1. The van der Waals surface area contributed by atoms with Gasteiger partial charge < -0.3 is 15.2 Å². The number of ether oxygens (including phenoxy) is 1. The minimum Gasteiger partial charge on any atom is -0.384 e. The van der Waals surface area contributed by atoms with Crippen LogP contribution in [0.1, 0.15) is 18.9 Å². The van der Waals surface area contributed by atoms with Crippen LogP contribution in [0.2, 0.25) is 0 Å². The minimum absolute atomic E-state index is 0.136. The topological polar surface area (TPSA) is 58.6 Å². The number of benzene rings is 1. The average Bonchev–Trinajstić information content (AvgIpc) is 2.84. The summed E-state index contributed by atoms with van der Waals surface area (Å²) in [7, 11) is 0. The van der Waals surface area contributed by atoms with Gasteiger partial charge >= 0.3 is 0 Å². The number of amides is 1. The highest BCUT2D eigenvalue weighted by Crippen LogP contribution is 2.22. The highest BCUT2D eigenvalue weighted by Gasteiger charge is 2.31. The number of anilines is 1. The highest BCUT2D eigenvalue weighted by molar-refractivity contribution is 5.95. The maximum absolute atomic E-state index is 12.1. The van der Waals surface area contributed by atoms with Crippen molar-refractivity contribution >= 4 is 11.6 Å². The lowest BCUT2D eigenvalue weighted by Crippen LogP contribution is -2.31. The Bertz CT molecular complexity index is 516. The molecule has 0 saturated carbocycles. The van der Waals surface area contributed by atoms with E-state index in [9.17, 15) is 4.79 Å². The van der Waals surface area contributed by atoms with Gasteiger partial charge in [-0.05, 0) is 24.5 Å². The molecule has 1 aliphatic heterocycles. The molecule has 19 heavy (non-hydrogen) atoms. The van der Waals surface area contributed by atoms with Crippen molar-refractivity contribution in [3.63, 3.8) is 0 Å². The van der Waals surface area contributed by atoms with Crippen molar-refractivity contribution in [2.24, 2.45) is 5.92 Å². The first-order valence-corrected chi connectivity index (χ1v) is 6.33. The molecule has 1 aliphatic rings. The van der Waals surface area contributed by atoms with Crippen molar-refractivity contribution in [2.45, 2.75) is 19.4 Å². The molecule has 0 radical (unpaired) electrons. The van der Waals surface area contributed by atoms with Crippen LogP contribution in [0.4, 0.5) is 5.69 Å². The summed E-state index contributed by atoms with van der Waals surface area (Å²) in [6, 6.07) is 7.26. The van der Waals surface area contributed by atoms with Gasteiger partial charge in [-0.3, -0.25) is 4.79 Å². The van der Waals surface area contributed by atoms with Crippen molar-refractivity contribution in [2.75, 3.05) is 18.5 Å². The van der Waals surface area contributed by atoms with Crippen LogP contribution in [0, 0.1) is 17.8 Å². The molecule has 1 heterocycles. The zero-order valence-corrected chi connectivity index (χ0v) is 10.8. The molecule has 2 N–H and O–H groups in total. The molecule has 1 fully saturated rings. The number of hydrogen-bond donors (Lipinski definition) is 2. The Labute approximate surface area is 112 Å². The summed E-state index contributed by atoms with van der Waals surface area (Å²) in [6.07, 6.45) is 0.517. The Hall–Kier alpha value is -1.83. The van der Waals surface area contributed by atoms with Gasteiger partial charge in [0, 0.05) is 12.2 Å². The first-order chi connectivity index (χ1) is 9.22. The predicted molar refractivity (Wildman–Crippen MR) is 72.6 cm³/mol. The van der Waals surface area contributed by atoms with E-state index >= 15 is 0 Å². The average molecular weight is 259 g/mol. The summed E-state index contributed by atoms with van der Waals surface area (Å²) < 4.78 is 5.43. The SMILES string of the molecule is CC1CCOC1C(=O)Nc1ccccc1C#CCO. The maximum atomic E-state index is 12.1. The van der Waals surface area contributed by atoms with Crippen molar-refractivity contribution in [3.8, 4) is 11.8 Å². The summed E-state index contributed by atoms with van der Waals surface area (Å²) in [6.45, 7) is 2.44. The van der Waals surface area contributed by atoms with Gasteiger partial charge in [-0.2, -0.15) is 0 Å². The maximum Gasteiger partial charge on any atom is 0.253 e. The molecule has 1 amide bonds. The van der Waals surface area contributed by atoms with Gasteiger partial charge in [0.2, 0.25) is 0 Å². The zero-order valence-electron chi connectivity index (χ0n) is 10.8. The van der Waals surface area contributed by atoms with Crippen LogP contribution in [0.15, 0.2) is 24.3 Å². The third kappa shape index (κ3) is 3.34. The molecule has 2 atom stereocenters. The Morgan fingerprint density at radius 3 is 3.00 bits per heavy atom.